The van der Waals surface area contributed by atoms with Crippen LogP contribution in [0.4, 0.5) is 4.79 Å². The molecule has 8 heteroatoms. The molecule has 34 heavy (non-hydrogen) atoms. The van der Waals surface area contributed by atoms with Crippen LogP contribution in [0.2, 0.25) is 0 Å². The Balaban J connectivity index is 1.43. The van der Waals surface area contributed by atoms with Crippen molar-refractivity contribution >= 4 is 34.9 Å². The first kappa shape index (κ1) is 23.9. The Kier molecular flexibility index (Phi) is 7.57. The number of carbonyl (C=O) groups excluding carboxylic acids is 3. The highest BCUT2D eigenvalue weighted by Gasteiger charge is 2.37. The van der Waals surface area contributed by atoms with Crippen LogP contribution >= 0.6 is 11.8 Å². The molecular formula is C26H28N2O5S. The average Bonchev–Trinajstić information content (AvgIpc) is 3.11. The predicted molar refractivity (Wildman–Crippen MR) is 132 cm³/mol. The molecule has 7 nitrogen and oxygen atoms in total. The summed E-state index contributed by atoms with van der Waals surface area (Å²) in [7, 11) is 1.55. The number of thioether (sulfide) groups is 1. The third kappa shape index (κ3) is 5.62. The number of imide groups is 1. The van der Waals surface area contributed by atoms with Crippen LogP contribution in [-0.4, -0.2) is 53.6 Å². The number of hydrogen-bond donors (Lipinski definition) is 0. The number of aryl methyl sites for hydroxylation is 1. The van der Waals surface area contributed by atoms with Crippen LogP contribution in [0, 0.1) is 6.92 Å². The molecule has 0 aromatic heterocycles. The standard InChI is InChI=1S/C26H28N2O5S/c1-18-7-6-8-20(13-18)17-33-21-10-9-19(14-22(21)32-2)15-23-25(30)28(26(31)34-23)16-24(29)27-11-4-3-5-12-27/h6-10,13-15H,3-5,11-12,16-17H2,1-2H3/b23-15-. The van der Waals surface area contributed by atoms with Gasteiger partial charge >= 0.3 is 0 Å². The Hall–Kier alpha value is -3.26. The van der Waals surface area contributed by atoms with Crippen molar-refractivity contribution in [3.05, 3.63) is 64.1 Å². The van der Waals surface area contributed by atoms with Crippen molar-refractivity contribution in [1.82, 2.24) is 9.80 Å². The van der Waals surface area contributed by atoms with E-state index in [2.05, 4.69) is 6.07 Å². The van der Waals surface area contributed by atoms with Crippen molar-refractivity contribution in [1.29, 1.82) is 0 Å². The van der Waals surface area contributed by atoms with Gasteiger partial charge in [0.1, 0.15) is 13.2 Å². The number of carbonyl (C=O) groups is 3. The van der Waals surface area contributed by atoms with E-state index in [0.29, 0.717) is 36.8 Å². The monoisotopic (exact) mass is 480 g/mol. The van der Waals surface area contributed by atoms with Gasteiger partial charge in [-0.05, 0) is 67.3 Å². The Bertz CT molecular complexity index is 1120. The molecule has 2 aromatic rings. The van der Waals surface area contributed by atoms with Gasteiger partial charge in [0.2, 0.25) is 5.91 Å². The van der Waals surface area contributed by atoms with E-state index in [0.717, 1.165) is 47.1 Å². The fourth-order valence-corrected chi connectivity index (χ4v) is 4.86. The second kappa shape index (κ2) is 10.8. The zero-order valence-corrected chi connectivity index (χ0v) is 20.2. The number of rotatable bonds is 7. The van der Waals surface area contributed by atoms with Crippen LogP contribution in [-0.2, 0) is 16.2 Å². The number of hydrogen-bond acceptors (Lipinski definition) is 6. The van der Waals surface area contributed by atoms with Crippen LogP contribution in [0.25, 0.3) is 6.08 Å². The molecule has 2 aliphatic heterocycles. The zero-order chi connectivity index (χ0) is 24.1. The molecule has 178 valence electrons. The minimum Gasteiger partial charge on any atom is -0.493 e. The van der Waals surface area contributed by atoms with Gasteiger partial charge in [0.25, 0.3) is 11.1 Å². The van der Waals surface area contributed by atoms with Crippen LogP contribution in [0.15, 0.2) is 47.4 Å². The van der Waals surface area contributed by atoms with E-state index in [-0.39, 0.29) is 17.4 Å². The Labute approximate surface area is 203 Å². The molecule has 0 aliphatic carbocycles. The zero-order valence-electron chi connectivity index (χ0n) is 19.4. The lowest BCUT2D eigenvalue weighted by molar-refractivity contribution is -0.136. The first-order valence-electron chi connectivity index (χ1n) is 11.3. The molecule has 2 fully saturated rings. The molecule has 2 saturated heterocycles. The summed E-state index contributed by atoms with van der Waals surface area (Å²) in [6, 6.07) is 13.4. The molecule has 0 N–H and O–H groups in total. The van der Waals surface area contributed by atoms with E-state index in [1.54, 1.807) is 36.3 Å². The van der Waals surface area contributed by atoms with Crippen molar-refractivity contribution < 1.29 is 23.9 Å². The van der Waals surface area contributed by atoms with Crippen molar-refractivity contribution in [2.75, 3.05) is 26.7 Å². The van der Waals surface area contributed by atoms with Crippen LogP contribution in [0.3, 0.4) is 0 Å². The number of ether oxygens (including phenoxy) is 2. The maximum atomic E-state index is 12.8. The van der Waals surface area contributed by atoms with E-state index in [4.69, 9.17) is 9.47 Å². The van der Waals surface area contributed by atoms with E-state index < -0.39 is 11.1 Å². The number of likely N-dealkylation sites (tertiary alicyclic amines) is 1. The third-order valence-corrected chi connectivity index (χ3v) is 6.75. The normalized spacial score (nSPS) is 17.4. The van der Waals surface area contributed by atoms with Gasteiger partial charge in [-0.3, -0.25) is 19.3 Å². The molecule has 2 heterocycles. The Morgan fingerprint density at radius 2 is 1.85 bits per heavy atom. The Morgan fingerprint density at radius 1 is 1.06 bits per heavy atom. The van der Waals surface area contributed by atoms with Gasteiger partial charge in [-0.1, -0.05) is 35.9 Å². The van der Waals surface area contributed by atoms with E-state index in [1.807, 2.05) is 25.1 Å². The molecule has 3 amide bonds. The highest BCUT2D eigenvalue weighted by Crippen LogP contribution is 2.35. The quantitative estimate of drug-likeness (QED) is 0.538. The highest BCUT2D eigenvalue weighted by molar-refractivity contribution is 8.18. The molecule has 0 unspecified atom stereocenters. The van der Waals surface area contributed by atoms with E-state index in [1.165, 1.54) is 0 Å². The maximum absolute atomic E-state index is 12.8. The van der Waals surface area contributed by atoms with Crippen LogP contribution in [0.1, 0.15) is 36.0 Å². The molecule has 0 spiro atoms. The average molecular weight is 481 g/mol. The van der Waals surface area contributed by atoms with Gasteiger partial charge in [-0.2, -0.15) is 0 Å². The summed E-state index contributed by atoms with van der Waals surface area (Å²) in [4.78, 5) is 40.9. The fourth-order valence-electron chi connectivity index (χ4n) is 4.02. The summed E-state index contributed by atoms with van der Waals surface area (Å²) in [5, 5.41) is -0.424. The number of methoxy groups -OCH3 is 1. The van der Waals surface area contributed by atoms with E-state index in [9.17, 15) is 14.4 Å². The summed E-state index contributed by atoms with van der Waals surface area (Å²) in [5.74, 6) is 0.487. The van der Waals surface area contributed by atoms with E-state index >= 15 is 0 Å². The topological polar surface area (TPSA) is 76.2 Å². The maximum Gasteiger partial charge on any atom is 0.294 e. The van der Waals surface area contributed by atoms with Crippen LogP contribution < -0.4 is 9.47 Å². The molecule has 4 rings (SSSR count). The third-order valence-electron chi connectivity index (χ3n) is 5.84. The number of nitrogens with zero attached hydrogens (tertiary/aromatic N) is 2. The summed E-state index contributed by atoms with van der Waals surface area (Å²) in [6.07, 6.45) is 4.66. The summed E-state index contributed by atoms with van der Waals surface area (Å²) < 4.78 is 11.4. The first-order valence-corrected chi connectivity index (χ1v) is 12.2. The second-order valence-electron chi connectivity index (χ2n) is 8.40. The van der Waals surface area contributed by atoms with Crippen molar-refractivity contribution in [3.8, 4) is 11.5 Å². The molecule has 0 radical (unpaired) electrons. The fraction of sp³-hybridized carbons (Fsp3) is 0.346. The smallest absolute Gasteiger partial charge is 0.294 e. The molecular weight excluding hydrogens is 452 g/mol. The summed E-state index contributed by atoms with van der Waals surface area (Å²) >= 11 is 0.848. The lowest BCUT2D eigenvalue weighted by Crippen LogP contribution is -2.44. The van der Waals surface area contributed by atoms with Crippen LogP contribution in [0.5, 0.6) is 11.5 Å². The summed E-state index contributed by atoms with van der Waals surface area (Å²) in [6.45, 7) is 3.59. The number of piperidine rings is 1. The van der Waals surface area contributed by atoms with Gasteiger partial charge in [0, 0.05) is 13.1 Å². The SMILES string of the molecule is COc1cc(/C=C2\SC(=O)N(CC(=O)N3CCCCC3)C2=O)ccc1OCc1cccc(C)c1. The van der Waals surface area contributed by atoms with Gasteiger partial charge in [-0.25, -0.2) is 0 Å². The number of amides is 3. The Morgan fingerprint density at radius 3 is 2.59 bits per heavy atom. The van der Waals surface area contributed by atoms with Gasteiger partial charge in [0.05, 0.1) is 12.0 Å². The highest BCUT2D eigenvalue weighted by atomic mass is 32.2. The summed E-state index contributed by atoms with van der Waals surface area (Å²) in [5.41, 5.74) is 2.92. The second-order valence-corrected chi connectivity index (χ2v) is 9.39. The van der Waals surface area contributed by atoms with Crippen molar-refractivity contribution in [3.63, 3.8) is 0 Å². The molecule has 2 aromatic carbocycles. The molecule has 0 saturated carbocycles. The lowest BCUT2D eigenvalue weighted by Gasteiger charge is -2.27. The molecule has 2 aliphatic rings. The predicted octanol–water partition coefficient (Wildman–Crippen LogP) is 4.63. The lowest BCUT2D eigenvalue weighted by atomic mass is 10.1. The van der Waals surface area contributed by atoms with Gasteiger partial charge in [-0.15, -0.1) is 0 Å². The minimum atomic E-state index is -0.445. The largest absolute Gasteiger partial charge is 0.493 e. The van der Waals surface area contributed by atoms with Gasteiger partial charge in [0.15, 0.2) is 11.5 Å². The van der Waals surface area contributed by atoms with Gasteiger partial charge < -0.3 is 14.4 Å². The van der Waals surface area contributed by atoms with Crippen molar-refractivity contribution in [2.45, 2.75) is 32.8 Å². The first-order chi connectivity index (χ1) is 16.4. The minimum absolute atomic E-state index is 0.181. The number of benzene rings is 2. The molecule has 0 bridgehead atoms. The molecule has 0 atom stereocenters. The van der Waals surface area contributed by atoms with Crippen molar-refractivity contribution in [2.24, 2.45) is 0 Å².